The van der Waals surface area contributed by atoms with Crippen molar-refractivity contribution in [1.29, 1.82) is 0 Å². The molecular formula is C12H20N4O2. The molecule has 1 aliphatic rings. The smallest absolute Gasteiger partial charge is 0.234 e. The summed E-state index contributed by atoms with van der Waals surface area (Å²) < 4.78 is 5.41. The van der Waals surface area contributed by atoms with Crippen LogP contribution in [-0.2, 0) is 11.3 Å². The average molecular weight is 252 g/mol. The molecule has 0 atom stereocenters. The van der Waals surface area contributed by atoms with Crippen molar-refractivity contribution in [3.63, 3.8) is 0 Å². The molecule has 100 valence electrons. The highest BCUT2D eigenvalue weighted by atomic mass is 16.4. The highest BCUT2D eigenvalue weighted by molar-refractivity contribution is 5.77. The van der Waals surface area contributed by atoms with Gasteiger partial charge in [0.1, 0.15) is 5.76 Å². The van der Waals surface area contributed by atoms with Crippen molar-refractivity contribution in [1.82, 2.24) is 20.5 Å². The van der Waals surface area contributed by atoms with Gasteiger partial charge in [-0.15, -0.1) is 0 Å². The third kappa shape index (κ3) is 3.54. The molecule has 0 bridgehead atoms. The first-order chi connectivity index (χ1) is 8.65. The molecule has 0 saturated carbocycles. The molecule has 1 aliphatic heterocycles. The fourth-order valence-corrected chi connectivity index (χ4v) is 1.92. The summed E-state index contributed by atoms with van der Waals surface area (Å²) in [7, 11) is 0. The molecule has 1 aromatic heterocycles. The van der Waals surface area contributed by atoms with E-state index in [0.717, 1.165) is 37.6 Å². The second-order valence-electron chi connectivity index (χ2n) is 4.55. The Hall–Kier alpha value is -1.40. The van der Waals surface area contributed by atoms with E-state index in [0.29, 0.717) is 19.0 Å². The van der Waals surface area contributed by atoms with Gasteiger partial charge in [0.2, 0.25) is 11.8 Å². The number of aryl methyl sites for hydroxylation is 2. The van der Waals surface area contributed by atoms with Crippen LogP contribution >= 0.6 is 0 Å². The molecule has 1 saturated heterocycles. The number of carbonyl (C=O) groups excluding carboxylic acids is 1. The molecule has 2 heterocycles. The van der Waals surface area contributed by atoms with Crippen molar-refractivity contribution in [3.05, 3.63) is 17.3 Å². The Labute approximate surface area is 107 Å². The molecule has 2 N–H and O–H groups in total. The van der Waals surface area contributed by atoms with Gasteiger partial charge in [0.05, 0.1) is 18.8 Å². The van der Waals surface area contributed by atoms with Crippen molar-refractivity contribution in [2.75, 3.05) is 32.7 Å². The Kier molecular flexibility index (Phi) is 4.33. The number of rotatable bonds is 4. The number of nitrogens with one attached hydrogen (secondary N) is 2. The van der Waals surface area contributed by atoms with Gasteiger partial charge in [-0.1, -0.05) is 0 Å². The molecule has 18 heavy (non-hydrogen) atoms. The summed E-state index contributed by atoms with van der Waals surface area (Å²) in [6.07, 6.45) is 0. The maximum atomic E-state index is 11.7. The lowest BCUT2D eigenvalue weighted by Gasteiger charge is -2.26. The highest BCUT2D eigenvalue weighted by Crippen LogP contribution is 2.07. The predicted molar refractivity (Wildman–Crippen MR) is 67.1 cm³/mol. The number of hydrogen-bond acceptors (Lipinski definition) is 5. The molecule has 0 radical (unpaired) electrons. The summed E-state index contributed by atoms with van der Waals surface area (Å²) in [5.41, 5.74) is 0.876. The zero-order valence-corrected chi connectivity index (χ0v) is 11.0. The Morgan fingerprint density at radius 3 is 2.78 bits per heavy atom. The van der Waals surface area contributed by atoms with Crippen molar-refractivity contribution >= 4 is 5.91 Å². The number of carbonyl (C=O) groups is 1. The van der Waals surface area contributed by atoms with Crippen LogP contribution in [0.2, 0.25) is 0 Å². The van der Waals surface area contributed by atoms with E-state index < -0.39 is 0 Å². The first-order valence-corrected chi connectivity index (χ1v) is 6.28. The van der Waals surface area contributed by atoms with Crippen LogP contribution in [0.5, 0.6) is 0 Å². The number of hydrogen-bond donors (Lipinski definition) is 2. The zero-order valence-electron chi connectivity index (χ0n) is 11.0. The highest BCUT2D eigenvalue weighted by Gasteiger charge is 2.14. The van der Waals surface area contributed by atoms with Crippen molar-refractivity contribution in [3.8, 4) is 0 Å². The van der Waals surface area contributed by atoms with E-state index in [1.54, 1.807) is 0 Å². The largest absolute Gasteiger partial charge is 0.444 e. The summed E-state index contributed by atoms with van der Waals surface area (Å²) in [4.78, 5) is 18.1. The van der Waals surface area contributed by atoms with Crippen LogP contribution in [0.25, 0.3) is 0 Å². The lowest BCUT2D eigenvalue weighted by atomic mass is 10.3. The number of aromatic nitrogens is 1. The van der Waals surface area contributed by atoms with Crippen LogP contribution in [-0.4, -0.2) is 48.5 Å². The van der Waals surface area contributed by atoms with Crippen LogP contribution in [0, 0.1) is 13.8 Å². The predicted octanol–water partition coefficient (Wildman–Crippen LogP) is -0.187. The number of amides is 1. The van der Waals surface area contributed by atoms with Gasteiger partial charge in [-0.05, 0) is 13.8 Å². The molecule has 2 rings (SSSR count). The van der Waals surface area contributed by atoms with E-state index in [-0.39, 0.29) is 5.91 Å². The monoisotopic (exact) mass is 252 g/mol. The molecule has 1 fully saturated rings. The molecule has 0 aliphatic carbocycles. The van der Waals surface area contributed by atoms with Crippen LogP contribution in [0.1, 0.15) is 17.3 Å². The van der Waals surface area contributed by atoms with E-state index >= 15 is 0 Å². The van der Waals surface area contributed by atoms with Crippen molar-refractivity contribution in [2.24, 2.45) is 0 Å². The third-order valence-electron chi connectivity index (χ3n) is 3.09. The number of nitrogens with zero attached hydrogens (tertiary/aromatic N) is 2. The Morgan fingerprint density at radius 1 is 1.44 bits per heavy atom. The second kappa shape index (κ2) is 5.97. The van der Waals surface area contributed by atoms with E-state index in [9.17, 15) is 4.79 Å². The fraction of sp³-hybridized carbons (Fsp3) is 0.667. The van der Waals surface area contributed by atoms with Gasteiger partial charge in [0.25, 0.3) is 0 Å². The minimum absolute atomic E-state index is 0.0189. The Balaban J connectivity index is 1.74. The van der Waals surface area contributed by atoms with E-state index in [2.05, 4.69) is 20.5 Å². The minimum atomic E-state index is 0.0189. The minimum Gasteiger partial charge on any atom is -0.444 e. The standard InChI is InChI=1S/C12H20N4O2/c1-9-10(2)18-12(15-9)7-14-11(17)8-16-5-3-13-4-6-16/h13H,3-8H2,1-2H3,(H,14,17). The Morgan fingerprint density at radius 2 is 2.17 bits per heavy atom. The van der Waals surface area contributed by atoms with E-state index in [1.807, 2.05) is 13.8 Å². The molecule has 6 nitrogen and oxygen atoms in total. The average Bonchev–Trinajstić information content (AvgIpc) is 2.68. The number of oxazole rings is 1. The first-order valence-electron chi connectivity index (χ1n) is 6.28. The zero-order chi connectivity index (χ0) is 13.0. The topological polar surface area (TPSA) is 70.4 Å². The molecule has 0 unspecified atom stereocenters. The fourth-order valence-electron chi connectivity index (χ4n) is 1.92. The van der Waals surface area contributed by atoms with Gasteiger partial charge in [0, 0.05) is 26.2 Å². The van der Waals surface area contributed by atoms with Gasteiger partial charge >= 0.3 is 0 Å². The van der Waals surface area contributed by atoms with Crippen LogP contribution in [0.15, 0.2) is 4.42 Å². The summed E-state index contributed by atoms with van der Waals surface area (Å²) in [6.45, 7) is 8.31. The quantitative estimate of drug-likeness (QED) is 0.777. The van der Waals surface area contributed by atoms with Crippen LogP contribution < -0.4 is 10.6 Å². The molecule has 0 aromatic carbocycles. The summed E-state index contributed by atoms with van der Waals surface area (Å²) >= 11 is 0. The molecule has 1 aromatic rings. The summed E-state index contributed by atoms with van der Waals surface area (Å²) in [5, 5.41) is 6.09. The SMILES string of the molecule is Cc1nc(CNC(=O)CN2CCNCC2)oc1C. The summed E-state index contributed by atoms with van der Waals surface area (Å²) in [6, 6.07) is 0. The van der Waals surface area contributed by atoms with E-state index in [4.69, 9.17) is 4.42 Å². The van der Waals surface area contributed by atoms with E-state index in [1.165, 1.54) is 0 Å². The lowest BCUT2D eigenvalue weighted by Crippen LogP contribution is -2.47. The molecule has 0 spiro atoms. The second-order valence-corrected chi connectivity index (χ2v) is 4.55. The maximum Gasteiger partial charge on any atom is 0.234 e. The molecule has 1 amide bonds. The number of piperazine rings is 1. The normalized spacial score (nSPS) is 16.8. The van der Waals surface area contributed by atoms with Crippen molar-refractivity contribution in [2.45, 2.75) is 20.4 Å². The summed E-state index contributed by atoms with van der Waals surface area (Å²) in [5.74, 6) is 1.39. The first kappa shape index (κ1) is 13.0. The van der Waals surface area contributed by atoms with Gasteiger partial charge in [-0.3, -0.25) is 9.69 Å². The van der Waals surface area contributed by atoms with Crippen LogP contribution in [0.4, 0.5) is 0 Å². The third-order valence-corrected chi connectivity index (χ3v) is 3.09. The van der Waals surface area contributed by atoms with Gasteiger partial charge in [-0.2, -0.15) is 0 Å². The molecule has 6 heteroatoms. The van der Waals surface area contributed by atoms with Crippen molar-refractivity contribution < 1.29 is 9.21 Å². The Bertz CT molecular complexity index is 391. The maximum absolute atomic E-state index is 11.7. The van der Waals surface area contributed by atoms with Gasteiger partial charge < -0.3 is 15.1 Å². The lowest BCUT2D eigenvalue weighted by molar-refractivity contribution is -0.122. The molecular weight excluding hydrogens is 232 g/mol. The van der Waals surface area contributed by atoms with Crippen LogP contribution in [0.3, 0.4) is 0 Å². The van der Waals surface area contributed by atoms with Gasteiger partial charge in [-0.25, -0.2) is 4.98 Å². The van der Waals surface area contributed by atoms with Gasteiger partial charge in [0.15, 0.2) is 0 Å².